The standard InChI is InChI=1S/C48H30O2/c1-3-23-43-41(19-1)47-39(21-9-25-45(47)49-43)37-17-7-15-35(29-37)33-13-5-11-31(27-33)32-12-6-14-34(28-32)36-16-8-18-38(30-36)40-22-10-26-46-48(40)42-20-2-4-24-44(42)50-46/h1-30H. The van der Waals surface area contributed by atoms with E-state index in [0.29, 0.717) is 0 Å². The second kappa shape index (κ2) is 11.5. The molecular weight excluding hydrogens is 609 g/mol. The molecule has 0 amide bonds. The Balaban J connectivity index is 1.01. The van der Waals surface area contributed by atoms with Crippen molar-refractivity contribution in [1.29, 1.82) is 0 Å². The summed E-state index contributed by atoms with van der Waals surface area (Å²) in [7, 11) is 0. The van der Waals surface area contributed by atoms with E-state index in [-0.39, 0.29) is 0 Å². The Morgan fingerprint density at radius 1 is 0.240 bits per heavy atom. The van der Waals surface area contributed by atoms with Crippen molar-refractivity contribution in [2.24, 2.45) is 0 Å². The van der Waals surface area contributed by atoms with Crippen LogP contribution in [-0.2, 0) is 0 Å². The van der Waals surface area contributed by atoms with Gasteiger partial charge in [0.15, 0.2) is 0 Å². The molecule has 0 atom stereocenters. The van der Waals surface area contributed by atoms with Gasteiger partial charge in [-0.3, -0.25) is 0 Å². The summed E-state index contributed by atoms with van der Waals surface area (Å²) >= 11 is 0. The van der Waals surface area contributed by atoms with Crippen LogP contribution in [0.1, 0.15) is 0 Å². The van der Waals surface area contributed by atoms with E-state index in [0.717, 1.165) is 43.9 Å². The first-order valence-corrected chi connectivity index (χ1v) is 17.0. The fourth-order valence-electron chi connectivity index (χ4n) is 7.52. The summed E-state index contributed by atoms with van der Waals surface area (Å²) in [4.78, 5) is 0. The molecule has 10 rings (SSSR count). The van der Waals surface area contributed by atoms with Gasteiger partial charge in [0.25, 0.3) is 0 Å². The number of hydrogen-bond acceptors (Lipinski definition) is 2. The van der Waals surface area contributed by atoms with Crippen molar-refractivity contribution in [2.75, 3.05) is 0 Å². The van der Waals surface area contributed by atoms with E-state index >= 15 is 0 Å². The summed E-state index contributed by atoms with van der Waals surface area (Å²) < 4.78 is 12.4. The van der Waals surface area contributed by atoms with Gasteiger partial charge in [-0.15, -0.1) is 0 Å². The average molecular weight is 639 g/mol. The van der Waals surface area contributed by atoms with Gasteiger partial charge < -0.3 is 8.83 Å². The highest BCUT2D eigenvalue weighted by molar-refractivity contribution is 6.13. The van der Waals surface area contributed by atoms with Crippen molar-refractivity contribution < 1.29 is 8.83 Å². The van der Waals surface area contributed by atoms with E-state index in [1.807, 2.05) is 24.3 Å². The fourth-order valence-corrected chi connectivity index (χ4v) is 7.52. The number of fused-ring (bicyclic) bond motifs is 6. The predicted molar refractivity (Wildman–Crippen MR) is 208 cm³/mol. The van der Waals surface area contributed by atoms with Gasteiger partial charge in [-0.25, -0.2) is 0 Å². The third-order valence-corrected chi connectivity index (χ3v) is 9.88. The van der Waals surface area contributed by atoms with Crippen LogP contribution in [-0.4, -0.2) is 0 Å². The maximum Gasteiger partial charge on any atom is 0.136 e. The molecule has 0 bridgehead atoms. The van der Waals surface area contributed by atoms with Crippen molar-refractivity contribution >= 4 is 43.9 Å². The average Bonchev–Trinajstić information content (AvgIpc) is 3.77. The monoisotopic (exact) mass is 638 g/mol. The summed E-state index contributed by atoms with van der Waals surface area (Å²) in [6, 6.07) is 64.6. The lowest BCUT2D eigenvalue weighted by Crippen LogP contribution is -1.86. The molecule has 0 saturated heterocycles. The lowest BCUT2D eigenvalue weighted by molar-refractivity contribution is 0.668. The molecule has 0 spiro atoms. The van der Waals surface area contributed by atoms with Gasteiger partial charge in [-0.1, -0.05) is 133 Å². The van der Waals surface area contributed by atoms with Gasteiger partial charge in [0.2, 0.25) is 0 Å². The van der Waals surface area contributed by atoms with Crippen LogP contribution in [0.5, 0.6) is 0 Å². The molecule has 50 heavy (non-hydrogen) atoms. The maximum atomic E-state index is 6.19. The largest absolute Gasteiger partial charge is 0.456 e. The first kappa shape index (κ1) is 28.4. The molecule has 0 radical (unpaired) electrons. The molecule has 8 aromatic carbocycles. The SMILES string of the molecule is c1cc(-c2cccc(-c3cccc(-c4cccc5oc6ccccc6c45)c3)c2)cc(-c2cccc(-c3cccc4oc5ccccc5c34)c2)c1. The Labute approximate surface area is 289 Å². The van der Waals surface area contributed by atoms with Crippen molar-refractivity contribution in [2.45, 2.75) is 0 Å². The zero-order chi connectivity index (χ0) is 33.0. The highest BCUT2D eigenvalue weighted by Crippen LogP contribution is 2.40. The molecule has 2 heteroatoms. The van der Waals surface area contributed by atoms with E-state index in [1.54, 1.807) is 0 Å². The first-order valence-electron chi connectivity index (χ1n) is 17.0. The molecule has 0 unspecified atom stereocenters. The molecule has 0 aliphatic carbocycles. The Bertz CT molecular complexity index is 2690. The molecule has 2 nitrogen and oxygen atoms in total. The summed E-state index contributed by atoms with van der Waals surface area (Å²) in [5.74, 6) is 0. The van der Waals surface area contributed by atoms with E-state index in [4.69, 9.17) is 8.83 Å². The summed E-state index contributed by atoms with van der Waals surface area (Å²) in [5, 5.41) is 4.60. The quantitative estimate of drug-likeness (QED) is 0.187. The van der Waals surface area contributed by atoms with Crippen molar-refractivity contribution in [3.05, 3.63) is 182 Å². The second-order valence-electron chi connectivity index (χ2n) is 12.9. The molecule has 0 saturated carbocycles. The van der Waals surface area contributed by atoms with Crippen LogP contribution in [0, 0.1) is 0 Å². The van der Waals surface area contributed by atoms with Gasteiger partial charge in [0, 0.05) is 21.5 Å². The zero-order valence-electron chi connectivity index (χ0n) is 27.1. The van der Waals surface area contributed by atoms with Crippen LogP contribution in [0.3, 0.4) is 0 Å². The Morgan fingerprint density at radius 2 is 0.540 bits per heavy atom. The Hall–Kier alpha value is -6.64. The van der Waals surface area contributed by atoms with Crippen LogP contribution in [0.4, 0.5) is 0 Å². The molecule has 2 aromatic heterocycles. The molecular formula is C48H30O2. The highest BCUT2D eigenvalue weighted by atomic mass is 16.3. The van der Waals surface area contributed by atoms with Crippen LogP contribution >= 0.6 is 0 Å². The Morgan fingerprint density at radius 3 is 0.940 bits per heavy atom. The molecule has 0 N–H and O–H groups in total. The van der Waals surface area contributed by atoms with Crippen LogP contribution in [0.25, 0.3) is 99.5 Å². The van der Waals surface area contributed by atoms with Crippen LogP contribution in [0.15, 0.2) is 191 Å². The Kier molecular flexibility index (Phi) is 6.53. The topological polar surface area (TPSA) is 26.3 Å². The second-order valence-corrected chi connectivity index (χ2v) is 12.9. The molecule has 2 heterocycles. The van der Waals surface area contributed by atoms with Gasteiger partial charge in [0.1, 0.15) is 22.3 Å². The summed E-state index contributed by atoms with van der Waals surface area (Å²) in [5.41, 5.74) is 15.4. The van der Waals surface area contributed by atoms with Crippen molar-refractivity contribution in [3.63, 3.8) is 0 Å². The number of hydrogen-bond donors (Lipinski definition) is 0. The number of para-hydroxylation sites is 2. The third-order valence-electron chi connectivity index (χ3n) is 9.88. The highest BCUT2D eigenvalue weighted by Gasteiger charge is 2.15. The maximum absolute atomic E-state index is 6.19. The minimum atomic E-state index is 0.911. The molecule has 0 aliphatic heterocycles. The van der Waals surface area contributed by atoms with Gasteiger partial charge in [0.05, 0.1) is 0 Å². The molecule has 10 aromatic rings. The fraction of sp³-hybridized carbons (Fsp3) is 0. The van der Waals surface area contributed by atoms with Crippen LogP contribution < -0.4 is 0 Å². The van der Waals surface area contributed by atoms with Crippen molar-refractivity contribution in [3.8, 4) is 55.6 Å². The van der Waals surface area contributed by atoms with Gasteiger partial charge in [-0.2, -0.15) is 0 Å². The number of rotatable bonds is 5. The molecule has 0 aliphatic rings. The van der Waals surface area contributed by atoms with E-state index in [2.05, 4.69) is 158 Å². The minimum Gasteiger partial charge on any atom is -0.456 e. The third kappa shape index (κ3) is 4.73. The number of benzene rings is 8. The number of furan rings is 2. The lowest BCUT2D eigenvalue weighted by Gasteiger charge is -2.11. The minimum absolute atomic E-state index is 0.911. The van der Waals surface area contributed by atoms with E-state index in [9.17, 15) is 0 Å². The normalized spacial score (nSPS) is 11.6. The molecule has 0 fully saturated rings. The zero-order valence-corrected chi connectivity index (χ0v) is 27.1. The smallest absolute Gasteiger partial charge is 0.136 e. The van der Waals surface area contributed by atoms with Crippen LogP contribution in [0.2, 0.25) is 0 Å². The summed E-state index contributed by atoms with van der Waals surface area (Å²) in [6.07, 6.45) is 0. The van der Waals surface area contributed by atoms with Gasteiger partial charge in [-0.05, 0) is 104 Å². The lowest BCUT2D eigenvalue weighted by atomic mass is 9.93. The van der Waals surface area contributed by atoms with Crippen molar-refractivity contribution in [1.82, 2.24) is 0 Å². The van der Waals surface area contributed by atoms with E-state index in [1.165, 1.54) is 55.6 Å². The van der Waals surface area contributed by atoms with Gasteiger partial charge >= 0.3 is 0 Å². The first-order chi connectivity index (χ1) is 24.8. The van der Waals surface area contributed by atoms with E-state index < -0.39 is 0 Å². The summed E-state index contributed by atoms with van der Waals surface area (Å²) in [6.45, 7) is 0. The predicted octanol–water partition coefficient (Wildman–Crippen LogP) is 13.8. The molecule has 234 valence electrons.